The van der Waals surface area contributed by atoms with E-state index in [4.69, 9.17) is 4.74 Å². The summed E-state index contributed by atoms with van der Waals surface area (Å²) in [5, 5.41) is 4.36. The van der Waals surface area contributed by atoms with Crippen LogP contribution in [-0.2, 0) is 6.54 Å². The van der Waals surface area contributed by atoms with Gasteiger partial charge in [-0.05, 0) is 49.4 Å². The molecular weight excluding hydrogens is 354 g/mol. The Balaban J connectivity index is 1.39. The molecule has 7 nitrogen and oxygen atoms in total. The molecule has 2 fully saturated rings. The standard InChI is InChI=1S/C21H29N5O2/c1-3-26-12-9-19(24-26)21(27)25-10-7-15(8-11-25)20-18(14-22-23-20)16-5-4-6-17(13-16)28-2/h4-6,9,12-13,15,18,20,22-23H,3,7-8,10-11,14H2,1-2H3. The molecule has 3 heterocycles. The number of amides is 1. The molecular formula is C21H29N5O2. The van der Waals surface area contributed by atoms with E-state index in [2.05, 4.69) is 34.1 Å². The maximum atomic E-state index is 12.7. The van der Waals surface area contributed by atoms with Gasteiger partial charge in [-0.3, -0.25) is 20.3 Å². The first-order chi connectivity index (χ1) is 13.7. The number of likely N-dealkylation sites (tertiary alicyclic amines) is 1. The van der Waals surface area contributed by atoms with E-state index < -0.39 is 0 Å². The number of aromatic nitrogens is 2. The number of ether oxygens (including phenoxy) is 1. The first-order valence-corrected chi connectivity index (χ1v) is 10.1. The van der Waals surface area contributed by atoms with E-state index in [9.17, 15) is 4.79 Å². The van der Waals surface area contributed by atoms with Crippen LogP contribution in [0.3, 0.4) is 0 Å². The highest BCUT2D eigenvalue weighted by Gasteiger charge is 2.37. The Bertz CT molecular complexity index is 813. The Kier molecular flexibility index (Phi) is 5.64. The van der Waals surface area contributed by atoms with Crippen LogP contribution in [-0.4, -0.2) is 53.4 Å². The zero-order valence-electron chi connectivity index (χ0n) is 16.6. The number of benzene rings is 1. The van der Waals surface area contributed by atoms with Gasteiger partial charge < -0.3 is 9.64 Å². The number of nitrogens with zero attached hydrogens (tertiary/aromatic N) is 3. The van der Waals surface area contributed by atoms with Crippen LogP contribution in [0.2, 0.25) is 0 Å². The molecule has 1 aromatic carbocycles. The molecule has 0 saturated carbocycles. The topological polar surface area (TPSA) is 71.4 Å². The summed E-state index contributed by atoms with van der Waals surface area (Å²) >= 11 is 0. The molecule has 2 atom stereocenters. The van der Waals surface area contributed by atoms with Gasteiger partial charge in [0, 0.05) is 44.3 Å². The highest BCUT2D eigenvalue weighted by molar-refractivity contribution is 5.92. The lowest BCUT2D eigenvalue weighted by Crippen LogP contribution is -2.45. The molecule has 4 rings (SSSR count). The third-order valence-electron chi connectivity index (χ3n) is 6.06. The molecule has 150 valence electrons. The zero-order valence-corrected chi connectivity index (χ0v) is 16.6. The largest absolute Gasteiger partial charge is 0.497 e. The van der Waals surface area contributed by atoms with Crippen LogP contribution in [0, 0.1) is 5.92 Å². The van der Waals surface area contributed by atoms with Crippen molar-refractivity contribution in [2.75, 3.05) is 26.7 Å². The number of hydrazine groups is 1. The van der Waals surface area contributed by atoms with Crippen molar-refractivity contribution >= 4 is 5.91 Å². The Labute approximate surface area is 166 Å². The minimum absolute atomic E-state index is 0.0486. The smallest absolute Gasteiger partial charge is 0.274 e. The number of methoxy groups -OCH3 is 1. The quantitative estimate of drug-likeness (QED) is 0.827. The summed E-state index contributed by atoms with van der Waals surface area (Å²) in [6, 6.07) is 10.5. The fourth-order valence-corrected chi connectivity index (χ4v) is 4.43. The second-order valence-corrected chi connectivity index (χ2v) is 7.62. The average molecular weight is 383 g/mol. The lowest BCUT2D eigenvalue weighted by molar-refractivity contribution is 0.0663. The van der Waals surface area contributed by atoms with Gasteiger partial charge in [0.1, 0.15) is 11.4 Å². The van der Waals surface area contributed by atoms with Gasteiger partial charge in [-0.25, -0.2) is 0 Å². The van der Waals surface area contributed by atoms with E-state index in [1.807, 2.05) is 30.2 Å². The van der Waals surface area contributed by atoms with Crippen molar-refractivity contribution in [2.24, 2.45) is 5.92 Å². The van der Waals surface area contributed by atoms with Crippen LogP contribution in [0.15, 0.2) is 36.5 Å². The first kappa shape index (κ1) is 19.0. The first-order valence-electron chi connectivity index (χ1n) is 10.1. The number of piperidine rings is 1. The molecule has 7 heteroatoms. The summed E-state index contributed by atoms with van der Waals surface area (Å²) < 4.78 is 7.19. The third-order valence-corrected chi connectivity index (χ3v) is 6.06. The number of hydrogen-bond donors (Lipinski definition) is 2. The molecule has 0 bridgehead atoms. The van der Waals surface area contributed by atoms with Gasteiger partial charge >= 0.3 is 0 Å². The maximum absolute atomic E-state index is 12.7. The van der Waals surface area contributed by atoms with Crippen molar-refractivity contribution in [1.82, 2.24) is 25.5 Å². The second-order valence-electron chi connectivity index (χ2n) is 7.62. The van der Waals surface area contributed by atoms with E-state index in [1.165, 1.54) is 5.56 Å². The molecule has 28 heavy (non-hydrogen) atoms. The van der Waals surface area contributed by atoms with E-state index in [1.54, 1.807) is 11.8 Å². The van der Waals surface area contributed by atoms with Gasteiger partial charge in [0.25, 0.3) is 5.91 Å². The van der Waals surface area contributed by atoms with E-state index >= 15 is 0 Å². The molecule has 1 aromatic heterocycles. The summed E-state index contributed by atoms with van der Waals surface area (Å²) in [7, 11) is 1.71. The highest BCUT2D eigenvalue weighted by Crippen LogP contribution is 2.33. The Morgan fingerprint density at radius 2 is 2.11 bits per heavy atom. The number of carbonyl (C=O) groups excluding carboxylic acids is 1. The number of carbonyl (C=O) groups is 1. The number of nitrogens with one attached hydrogen (secondary N) is 2. The minimum Gasteiger partial charge on any atom is -0.497 e. The van der Waals surface area contributed by atoms with Crippen LogP contribution >= 0.6 is 0 Å². The predicted molar refractivity (Wildman–Crippen MR) is 107 cm³/mol. The SMILES string of the molecule is CCn1ccc(C(=O)N2CCC(C3NNCC3c3cccc(OC)c3)CC2)n1. The molecule has 2 aliphatic rings. The van der Waals surface area contributed by atoms with Gasteiger partial charge in [-0.2, -0.15) is 5.10 Å². The summed E-state index contributed by atoms with van der Waals surface area (Å²) in [5.41, 5.74) is 8.68. The van der Waals surface area contributed by atoms with Crippen LogP contribution in [0.5, 0.6) is 5.75 Å². The average Bonchev–Trinajstić information content (AvgIpc) is 3.43. The van der Waals surface area contributed by atoms with Crippen molar-refractivity contribution in [3.8, 4) is 5.75 Å². The zero-order chi connectivity index (χ0) is 19.5. The molecule has 2 saturated heterocycles. The Morgan fingerprint density at radius 1 is 1.29 bits per heavy atom. The molecule has 2 aromatic rings. The lowest BCUT2D eigenvalue weighted by atomic mass is 9.80. The molecule has 0 aliphatic carbocycles. The van der Waals surface area contributed by atoms with Crippen molar-refractivity contribution in [1.29, 1.82) is 0 Å². The fourth-order valence-electron chi connectivity index (χ4n) is 4.43. The Morgan fingerprint density at radius 3 is 2.82 bits per heavy atom. The molecule has 0 radical (unpaired) electrons. The molecule has 0 spiro atoms. The summed E-state index contributed by atoms with van der Waals surface area (Å²) in [6.07, 6.45) is 3.87. The van der Waals surface area contributed by atoms with E-state index in [0.717, 1.165) is 44.8 Å². The summed E-state index contributed by atoms with van der Waals surface area (Å²) in [5.74, 6) is 1.88. The molecule has 2 unspecified atom stereocenters. The molecule has 1 amide bonds. The maximum Gasteiger partial charge on any atom is 0.274 e. The van der Waals surface area contributed by atoms with Crippen LogP contribution < -0.4 is 15.6 Å². The lowest BCUT2D eigenvalue weighted by Gasteiger charge is -2.36. The van der Waals surface area contributed by atoms with Gasteiger partial charge in [0.15, 0.2) is 0 Å². The van der Waals surface area contributed by atoms with Crippen LogP contribution in [0.4, 0.5) is 0 Å². The monoisotopic (exact) mass is 383 g/mol. The highest BCUT2D eigenvalue weighted by atomic mass is 16.5. The van der Waals surface area contributed by atoms with E-state index in [0.29, 0.717) is 23.6 Å². The summed E-state index contributed by atoms with van der Waals surface area (Å²) in [4.78, 5) is 14.7. The van der Waals surface area contributed by atoms with Gasteiger partial charge in [0.05, 0.1) is 7.11 Å². The number of aryl methyl sites for hydroxylation is 1. The summed E-state index contributed by atoms with van der Waals surface area (Å²) in [6.45, 7) is 5.28. The van der Waals surface area contributed by atoms with Crippen molar-refractivity contribution in [3.05, 3.63) is 47.8 Å². The van der Waals surface area contributed by atoms with Crippen LogP contribution in [0.1, 0.15) is 41.7 Å². The third kappa shape index (κ3) is 3.77. The minimum atomic E-state index is 0.0486. The Hall–Kier alpha value is -2.38. The second kappa shape index (κ2) is 8.32. The predicted octanol–water partition coefficient (Wildman–Crippen LogP) is 2.02. The van der Waals surface area contributed by atoms with Crippen LogP contribution in [0.25, 0.3) is 0 Å². The number of rotatable bonds is 5. The number of hydrogen-bond acceptors (Lipinski definition) is 5. The molecule has 2 aliphatic heterocycles. The van der Waals surface area contributed by atoms with Gasteiger partial charge in [-0.15, -0.1) is 0 Å². The van der Waals surface area contributed by atoms with Crippen molar-refractivity contribution < 1.29 is 9.53 Å². The van der Waals surface area contributed by atoms with Gasteiger partial charge in [0.2, 0.25) is 0 Å². The normalized spacial score (nSPS) is 23.1. The van der Waals surface area contributed by atoms with E-state index in [-0.39, 0.29) is 5.91 Å². The fraction of sp³-hybridized carbons (Fsp3) is 0.524. The van der Waals surface area contributed by atoms with Crippen molar-refractivity contribution in [2.45, 2.75) is 38.3 Å². The van der Waals surface area contributed by atoms with Crippen molar-refractivity contribution in [3.63, 3.8) is 0 Å². The molecule has 2 N–H and O–H groups in total. The van der Waals surface area contributed by atoms with Gasteiger partial charge in [-0.1, -0.05) is 12.1 Å².